The van der Waals surface area contributed by atoms with Crippen molar-refractivity contribution in [1.82, 2.24) is 0 Å². The maximum absolute atomic E-state index is 4.04. The highest BCUT2D eigenvalue weighted by Crippen LogP contribution is 2.20. The smallest absolute Gasteiger partial charge is 0.0700 e. The van der Waals surface area contributed by atoms with Crippen LogP contribution >= 0.6 is 0 Å². The molecule has 0 bridgehead atoms. The maximum atomic E-state index is 4.04. The first kappa shape index (κ1) is 13.7. The topological polar surface area (TPSA) is 12.4 Å². The molecule has 0 aliphatic carbocycles. The molecule has 1 heteroatoms. The summed E-state index contributed by atoms with van der Waals surface area (Å²) in [5.74, 6) is 0. The summed E-state index contributed by atoms with van der Waals surface area (Å²) in [6.45, 7) is 15.0. The molecule has 18 heavy (non-hydrogen) atoms. The Balaban J connectivity index is 3.10. The van der Waals surface area contributed by atoms with Gasteiger partial charge in [-0.25, -0.2) is 0 Å². The van der Waals surface area contributed by atoms with Gasteiger partial charge < -0.3 is 0 Å². The predicted octanol–water partition coefficient (Wildman–Crippen LogP) is 4.58. The van der Waals surface area contributed by atoms with E-state index >= 15 is 0 Å². The summed E-state index contributed by atoms with van der Waals surface area (Å²) in [5, 5.41) is 0. The Bertz CT molecular complexity index is 516. The second kappa shape index (κ2) is 7.02. The van der Waals surface area contributed by atoms with E-state index in [1.807, 2.05) is 42.5 Å². The third kappa shape index (κ3) is 3.56. The quantitative estimate of drug-likeness (QED) is 0.505. The fourth-order valence-corrected chi connectivity index (χ4v) is 1.51. The van der Waals surface area contributed by atoms with Crippen molar-refractivity contribution in [2.24, 2.45) is 4.99 Å². The normalized spacial score (nSPS) is 11.8. The second-order valence-corrected chi connectivity index (χ2v) is 3.64. The summed E-state index contributed by atoms with van der Waals surface area (Å²) in [4.78, 5) is 4.04. The molecule has 1 aromatic rings. The van der Waals surface area contributed by atoms with Crippen molar-refractivity contribution in [3.05, 3.63) is 91.1 Å². The molecule has 0 radical (unpaired) electrons. The van der Waals surface area contributed by atoms with Gasteiger partial charge in [-0.3, -0.25) is 4.99 Å². The number of hydrogen-bond donors (Lipinski definition) is 0. The van der Waals surface area contributed by atoms with Gasteiger partial charge in [0.05, 0.1) is 5.70 Å². The molecule has 1 aromatic carbocycles. The first-order valence-corrected chi connectivity index (χ1v) is 5.61. The van der Waals surface area contributed by atoms with E-state index in [0.29, 0.717) is 0 Å². The lowest BCUT2D eigenvalue weighted by molar-refractivity contribution is 1.49. The summed E-state index contributed by atoms with van der Waals surface area (Å²) in [6, 6.07) is 9.86. The molecule has 0 unspecified atom stereocenters. The van der Waals surface area contributed by atoms with Gasteiger partial charge in [0.25, 0.3) is 0 Å². The molecule has 0 saturated heterocycles. The minimum Gasteiger partial charge on any atom is -0.264 e. The molecule has 0 heterocycles. The Kier molecular flexibility index (Phi) is 5.33. The monoisotopic (exact) mass is 235 g/mol. The molecule has 0 spiro atoms. The molecule has 0 saturated carbocycles. The molecule has 0 aliphatic heterocycles. The fraction of sp³-hybridized carbons (Fsp3) is 0. The minimum absolute atomic E-state index is 0.789. The first-order valence-electron chi connectivity index (χ1n) is 5.61. The number of benzene rings is 1. The summed E-state index contributed by atoms with van der Waals surface area (Å²) >= 11 is 0. The number of nitrogens with zero attached hydrogens (tertiary/aromatic N) is 1. The van der Waals surface area contributed by atoms with Crippen LogP contribution in [0.15, 0.2) is 90.5 Å². The van der Waals surface area contributed by atoms with Gasteiger partial charge in [-0.15, -0.1) is 0 Å². The molecular weight excluding hydrogens is 218 g/mol. The van der Waals surface area contributed by atoms with Gasteiger partial charge in [0, 0.05) is 5.56 Å². The molecule has 0 N–H and O–H groups in total. The molecule has 1 nitrogen and oxygen atoms in total. The number of aliphatic imine (C=N–C) groups is 1. The molecule has 90 valence electrons. The molecule has 0 aliphatic rings. The third-order valence-corrected chi connectivity index (χ3v) is 2.44. The lowest BCUT2D eigenvalue weighted by Crippen LogP contribution is -1.85. The Morgan fingerprint density at radius 1 is 1.11 bits per heavy atom. The highest BCUT2D eigenvalue weighted by Gasteiger charge is 2.00. The van der Waals surface area contributed by atoms with Crippen LogP contribution in [0.25, 0.3) is 5.70 Å². The van der Waals surface area contributed by atoms with Gasteiger partial charge in [-0.2, -0.15) is 0 Å². The molecule has 0 atom stereocenters. The summed E-state index contributed by atoms with van der Waals surface area (Å²) in [6.07, 6.45) is 7.20. The van der Waals surface area contributed by atoms with Crippen molar-refractivity contribution in [2.45, 2.75) is 0 Å². The zero-order chi connectivity index (χ0) is 13.4. The fourth-order valence-electron chi connectivity index (χ4n) is 1.51. The van der Waals surface area contributed by atoms with E-state index in [1.165, 1.54) is 0 Å². The molecule has 0 fully saturated rings. The van der Waals surface area contributed by atoms with Crippen molar-refractivity contribution < 1.29 is 0 Å². The van der Waals surface area contributed by atoms with Crippen LogP contribution in [0, 0.1) is 0 Å². The average molecular weight is 235 g/mol. The van der Waals surface area contributed by atoms with Gasteiger partial charge >= 0.3 is 0 Å². The van der Waals surface area contributed by atoms with Crippen LogP contribution in [-0.2, 0) is 0 Å². The molecular formula is C17H17N. The van der Waals surface area contributed by atoms with Crippen molar-refractivity contribution in [3.8, 4) is 0 Å². The average Bonchev–Trinajstić information content (AvgIpc) is 2.42. The van der Waals surface area contributed by atoms with Gasteiger partial charge in [0.1, 0.15) is 0 Å². The SMILES string of the molecule is C=C/C=C(\C=C)C(=C)/C=C(\N=C)c1ccccc1. The van der Waals surface area contributed by atoms with Gasteiger partial charge in [-0.05, 0) is 23.9 Å². The zero-order valence-electron chi connectivity index (χ0n) is 10.5. The minimum atomic E-state index is 0.789. The van der Waals surface area contributed by atoms with E-state index in [-0.39, 0.29) is 0 Å². The van der Waals surface area contributed by atoms with Gasteiger partial charge in [0.2, 0.25) is 0 Å². The predicted molar refractivity (Wildman–Crippen MR) is 81.6 cm³/mol. The van der Waals surface area contributed by atoms with Crippen LogP contribution in [0.3, 0.4) is 0 Å². The van der Waals surface area contributed by atoms with Crippen LogP contribution in [0.1, 0.15) is 5.56 Å². The van der Waals surface area contributed by atoms with E-state index in [4.69, 9.17) is 0 Å². The Hall–Kier alpha value is -2.41. The maximum Gasteiger partial charge on any atom is 0.0700 e. The van der Waals surface area contributed by atoms with Crippen molar-refractivity contribution in [1.29, 1.82) is 0 Å². The lowest BCUT2D eigenvalue weighted by Gasteiger charge is -2.04. The van der Waals surface area contributed by atoms with Crippen molar-refractivity contribution in [2.75, 3.05) is 0 Å². The number of allylic oxidation sites excluding steroid dienone is 6. The van der Waals surface area contributed by atoms with E-state index < -0.39 is 0 Å². The van der Waals surface area contributed by atoms with E-state index in [9.17, 15) is 0 Å². The Morgan fingerprint density at radius 3 is 2.28 bits per heavy atom. The largest absolute Gasteiger partial charge is 0.264 e. The van der Waals surface area contributed by atoms with Crippen LogP contribution < -0.4 is 0 Å². The Labute approximate surface area is 109 Å². The summed E-state index contributed by atoms with van der Waals surface area (Å²) in [7, 11) is 0. The standard InChI is InChI=1S/C17H17N/c1-5-10-15(6-2)14(3)13-17(18-4)16-11-8-7-9-12-16/h5-13H,1-4H2/b15-10+,17-13-. The highest BCUT2D eigenvalue weighted by molar-refractivity contribution is 5.72. The molecule has 1 rings (SSSR count). The Morgan fingerprint density at radius 2 is 1.78 bits per heavy atom. The van der Waals surface area contributed by atoms with Crippen LogP contribution in [-0.4, -0.2) is 6.72 Å². The second-order valence-electron chi connectivity index (χ2n) is 3.64. The van der Waals surface area contributed by atoms with Gasteiger partial charge in [-0.1, -0.05) is 68.3 Å². The first-order chi connectivity index (χ1) is 8.72. The number of hydrogen-bond acceptors (Lipinski definition) is 1. The van der Waals surface area contributed by atoms with Crippen LogP contribution in [0.2, 0.25) is 0 Å². The summed E-state index contributed by atoms with van der Waals surface area (Å²) < 4.78 is 0. The van der Waals surface area contributed by atoms with E-state index in [0.717, 1.165) is 22.4 Å². The van der Waals surface area contributed by atoms with E-state index in [2.05, 4.69) is 31.4 Å². The third-order valence-electron chi connectivity index (χ3n) is 2.44. The number of rotatable bonds is 6. The van der Waals surface area contributed by atoms with Crippen LogP contribution in [0.4, 0.5) is 0 Å². The summed E-state index contributed by atoms with van der Waals surface area (Å²) in [5.41, 5.74) is 3.55. The molecule has 0 aromatic heterocycles. The molecule has 0 amide bonds. The lowest BCUT2D eigenvalue weighted by atomic mass is 10.0. The van der Waals surface area contributed by atoms with Gasteiger partial charge in [0.15, 0.2) is 0 Å². The zero-order valence-corrected chi connectivity index (χ0v) is 10.5. The van der Waals surface area contributed by atoms with Crippen molar-refractivity contribution in [3.63, 3.8) is 0 Å². The highest BCUT2D eigenvalue weighted by atomic mass is 14.7. The van der Waals surface area contributed by atoms with E-state index in [1.54, 1.807) is 12.2 Å². The van der Waals surface area contributed by atoms with Crippen molar-refractivity contribution >= 4 is 12.4 Å². The van der Waals surface area contributed by atoms with Crippen LogP contribution in [0.5, 0.6) is 0 Å².